The van der Waals surface area contributed by atoms with Gasteiger partial charge in [-0.25, -0.2) is 4.98 Å². The van der Waals surface area contributed by atoms with E-state index < -0.39 is 0 Å². The molecule has 2 aromatic rings. The number of benzene rings is 1. The summed E-state index contributed by atoms with van der Waals surface area (Å²) in [4.78, 5) is 29.6. The number of carbonyl (C=O) groups excluding carboxylic acids is 2. The molecule has 0 atom stereocenters. The van der Waals surface area contributed by atoms with Crippen molar-refractivity contribution in [3.8, 4) is 0 Å². The van der Waals surface area contributed by atoms with Crippen molar-refractivity contribution in [3.63, 3.8) is 0 Å². The van der Waals surface area contributed by atoms with Gasteiger partial charge in [0.2, 0.25) is 5.91 Å². The molecule has 24 heavy (non-hydrogen) atoms. The summed E-state index contributed by atoms with van der Waals surface area (Å²) in [6.07, 6.45) is 7.87. The summed E-state index contributed by atoms with van der Waals surface area (Å²) in [5.74, 6) is -0.0807. The topological polar surface area (TPSA) is 50.3 Å². The number of aryl methyl sites for hydroxylation is 2. The Bertz CT molecular complexity index is 807. The van der Waals surface area contributed by atoms with Crippen LogP contribution in [0.5, 0.6) is 0 Å². The second kappa shape index (κ2) is 7.09. The number of rotatable bonds is 4. The Morgan fingerprint density at radius 1 is 1.21 bits per heavy atom. The van der Waals surface area contributed by atoms with Crippen LogP contribution in [0.15, 0.2) is 29.7 Å². The molecule has 1 aromatic heterocycles. The van der Waals surface area contributed by atoms with Gasteiger partial charge in [0.25, 0.3) is 0 Å². The maximum absolute atomic E-state index is 12.4. The molecule has 124 valence electrons. The maximum Gasteiger partial charge on any atom is 0.225 e. The number of nitrogens with zero attached hydrogens (tertiary/aromatic N) is 2. The zero-order valence-electron chi connectivity index (χ0n) is 13.9. The Labute approximate surface area is 145 Å². The van der Waals surface area contributed by atoms with Crippen LogP contribution in [0, 0.1) is 0 Å². The third kappa shape index (κ3) is 3.62. The molecule has 0 fully saturated rings. The van der Waals surface area contributed by atoms with Gasteiger partial charge in [-0.3, -0.25) is 14.5 Å². The lowest BCUT2D eigenvalue weighted by molar-refractivity contribution is -0.116. The first kappa shape index (κ1) is 16.6. The van der Waals surface area contributed by atoms with Crippen LogP contribution in [-0.4, -0.2) is 23.7 Å². The molecule has 5 heteroatoms. The first-order chi connectivity index (χ1) is 11.5. The van der Waals surface area contributed by atoms with Gasteiger partial charge >= 0.3 is 0 Å². The van der Waals surface area contributed by atoms with E-state index in [9.17, 15) is 9.59 Å². The SMILES string of the molecule is CC(=O)N(C)c1nc(/C=C\C(=O)c2ccc3c(c2)CCCC3)cs1. The number of aromatic nitrogens is 1. The van der Waals surface area contributed by atoms with Crippen LogP contribution in [0.2, 0.25) is 0 Å². The summed E-state index contributed by atoms with van der Waals surface area (Å²) >= 11 is 1.38. The molecule has 0 unspecified atom stereocenters. The van der Waals surface area contributed by atoms with Crippen molar-refractivity contribution < 1.29 is 9.59 Å². The van der Waals surface area contributed by atoms with E-state index in [1.54, 1.807) is 19.2 Å². The van der Waals surface area contributed by atoms with E-state index in [0.717, 1.165) is 18.4 Å². The molecule has 0 radical (unpaired) electrons. The smallest absolute Gasteiger partial charge is 0.225 e. The molecule has 1 aromatic carbocycles. The van der Waals surface area contributed by atoms with Crippen LogP contribution >= 0.6 is 11.3 Å². The summed E-state index contributed by atoms with van der Waals surface area (Å²) in [6.45, 7) is 1.50. The Morgan fingerprint density at radius 2 is 1.96 bits per heavy atom. The van der Waals surface area contributed by atoms with Crippen molar-refractivity contribution in [2.75, 3.05) is 11.9 Å². The van der Waals surface area contributed by atoms with Crippen LogP contribution in [0.4, 0.5) is 5.13 Å². The predicted octanol–water partition coefficient (Wildman–Crippen LogP) is 3.90. The fourth-order valence-electron chi connectivity index (χ4n) is 2.79. The first-order valence-corrected chi connectivity index (χ1v) is 8.96. The highest BCUT2D eigenvalue weighted by molar-refractivity contribution is 7.14. The van der Waals surface area contributed by atoms with Gasteiger partial charge in [-0.2, -0.15) is 0 Å². The van der Waals surface area contributed by atoms with E-state index in [1.165, 1.54) is 47.1 Å². The van der Waals surface area contributed by atoms with Gasteiger partial charge < -0.3 is 0 Å². The van der Waals surface area contributed by atoms with Crippen molar-refractivity contribution in [2.24, 2.45) is 0 Å². The van der Waals surface area contributed by atoms with E-state index in [0.29, 0.717) is 10.8 Å². The van der Waals surface area contributed by atoms with Crippen LogP contribution < -0.4 is 4.90 Å². The summed E-state index contributed by atoms with van der Waals surface area (Å²) in [5, 5.41) is 2.47. The zero-order valence-corrected chi connectivity index (χ0v) is 14.7. The molecule has 1 heterocycles. The lowest BCUT2D eigenvalue weighted by atomic mass is 9.90. The monoisotopic (exact) mass is 340 g/mol. The van der Waals surface area contributed by atoms with Gasteiger partial charge in [0.05, 0.1) is 5.69 Å². The Balaban J connectivity index is 1.72. The van der Waals surface area contributed by atoms with Gasteiger partial charge in [-0.15, -0.1) is 11.3 Å². The van der Waals surface area contributed by atoms with Crippen molar-refractivity contribution >= 4 is 34.2 Å². The number of thiazole rings is 1. The van der Waals surface area contributed by atoms with Crippen molar-refractivity contribution in [1.82, 2.24) is 4.98 Å². The molecule has 0 saturated heterocycles. The molecule has 0 spiro atoms. The standard InChI is InChI=1S/C19H20N2O2S/c1-13(22)21(2)19-20-17(12-24-19)9-10-18(23)16-8-7-14-5-3-4-6-15(14)11-16/h7-12H,3-6H2,1-2H3/b10-9-. The van der Waals surface area contributed by atoms with Crippen LogP contribution in [0.25, 0.3) is 6.08 Å². The van der Waals surface area contributed by atoms with Crippen LogP contribution in [0.3, 0.4) is 0 Å². The molecule has 1 amide bonds. The number of amides is 1. The third-order valence-electron chi connectivity index (χ3n) is 4.31. The fraction of sp³-hybridized carbons (Fsp3) is 0.316. The highest BCUT2D eigenvalue weighted by atomic mass is 32.1. The van der Waals surface area contributed by atoms with Gasteiger partial charge in [0.15, 0.2) is 10.9 Å². The molecular weight excluding hydrogens is 320 g/mol. The molecule has 3 rings (SSSR count). The van der Waals surface area contributed by atoms with Gasteiger partial charge in [-0.05, 0) is 55.0 Å². The minimum Gasteiger partial charge on any atom is -0.291 e. The van der Waals surface area contributed by atoms with Gasteiger partial charge in [0.1, 0.15) is 0 Å². The highest BCUT2D eigenvalue weighted by Crippen LogP contribution is 2.23. The zero-order chi connectivity index (χ0) is 17.1. The van der Waals surface area contributed by atoms with E-state index in [4.69, 9.17) is 0 Å². The van der Waals surface area contributed by atoms with Crippen LogP contribution in [-0.2, 0) is 17.6 Å². The summed E-state index contributed by atoms with van der Waals surface area (Å²) in [6, 6.07) is 6.02. The summed E-state index contributed by atoms with van der Waals surface area (Å²) in [7, 11) is 1.69. The first-order valence-electron chi connectivity index (χ1n) is 8.08. The average Bonchev–Trinajstić information content (AvgIpc) is 3.07. The lowest BCUT2D eigenvalue weighted by Crippen LogP contribution is -2.22. The van der Waals surface area contributed by atoms with E-state index in [2.05, 4.69) is 11.1 Å². The maximum atomic E-state index is 12.4. The molecule has 1 aliphatic carbocycles. The second-order valence-electron chi connectivity index (χ2n) is 6.02. The second-order valence-corrected chi connectivity index (χ2v) is 6.86. The van der Waals surface area contributed by atoms with Crippen LogP contribution in [0.1, 0.15) is 46.9 Å². The molecular formula is C19H20N2O2S. The van der Waals surface area contributed by atoms with E-state index in [1.807, 2.05) is 17.5 Å². The number of anilines is 1. The minimum atomic E-state index is -0.0648. The largest absolute Gasteiger partial charge is 0.291 e. The number of hydrogen-bond acceptors (Lipinski definition) is 4. The molecule has 0 aliphatic heterocycles. The molecule has 0 N–H and O–H groups in total. The number of hydrogen-bond donors (Lipinski definition) is 0. The normalized spacial score (nSPS) is 13.8. The Hall–Kier alpha value is -2.27. The molecule has 4 nitrogen and oxygen atoms in total. The number of ketones is 1. The third-order valence-corrected chi connectivity index (χ3v) is 5.24. The molecule has 1 aliphatic rings. The van der Waals surface area contributed by atoms with Crippen molar-refractivity contribution in [1.29, 1.82) is 0 Å². The van der Waals surface area contributed by atoms with Crippen molar-refractivity contribution in [2.45, 2.75) is 32.6 Å². The lowest BCUT2D eigenvalue weighted by Gasteiger charge is -2.15. The predicted molar refractivity (Wildman–Crippen MR) is 97.6 cm³/mol. The van der Waals surface area contributed by atoms with Gasteiger partial charge in [0, 0.05) is 24.9 Å². The molecule has 0 bridgehead atoms. The Kier molecular flexibility index (Phi) is 4.90. The molecule has 0 saturated carbocycles. The van der Waals surface area contributed by atoms with Crippen molar-refractivity contribution in [3.05, 3.63) is 52.0 Å². The average molecular weight is 340 g/mol. The quantitative estimate of drug-likeness (QED) is 0.626. The summed E-state index contributed by atoms with van der Waals surface area (Å²) in [5.41, 5.74) is 4.09. The number of carbonyl (C=O) groups is 2. The summed E-state index contributed by atoms with van der Waals surface area (Å²) < 4.78 is 0. The van der Waals surface area contributed by atoms with E-state index >= 15 is 0 Å². The highest BCUT2D eigenvalue weighted by Gasteiger charge is 2.12. The van der Waals surface area contributed by atoms with E-state index in [-0.39, 0.29) is 11.7 Å². The van der Waals surface area contributed by atoms with Gasteiger partial charge in [-0.1, -0.05) is 12.1 Å². The fourth-order valence-corrected chi connectivity index (χ4v) is 3.59. The number of fused-ring (bicyclic) bond motifs is 1. The number of allylic oxidation sites excluding steroid dienone is 1. The minimum absolute atomic E-state index is 0.0159. The Morgan fingerprint density at radius 3 is 2.71 bits per heavy atom.